The molecule has 2 heterocycles. The molecular weight excluding hydrogens is 1090 g/mol. The van der Waals surface area contributed by atoms with E-state index in [1.165, 1.54) is 30.5 Å². The van der Waals surface area contributed by atoms with Crippen LogP contribution in [0.2, 0.25) is 0 Å². The predicted molar refractivity (Wildman–Crippen MR) is 274 cm³/mol. The molecule has 3 aromatic rings. The summed E-state index contributed by atoms with van der Waals surface area (Å²) in [5.41, 5.74) is 11.0. The average Bonchev–Trinajstić information content (AvgIpc) is 3.37. The number of carboxylic acids is 5. The Bertz CT molecular complexity index is 2810. The number of hydrogen-bond acceptors (Lipinski definition) is 22. The molecule has 1 unspecified atom stereocenters. The number of guanidine groups is 1. The van der Waals surface area contributed by atoms with Gasteiger partial charge in [0.15, 0.2) is 17.1 Å². The number of anilines is 2. The Morgan fingerprint density at radius 1 is 0.709 bits per heavy atom. The van der Waals surface area contributed by atoms with Crippen molar-refractivity contribution in [3.05, 3.63) is 52.1 Å². The number of rotatable bonds is 36. The molecule has 0 aliphatic carbocycles. The molecule has 6 amide bonds. The van der Waals surface area contributed by atoms with Crippen LogP contribution in [-0.2, 0) is 64.0 Å². The summed E-state index contributed by atoms with van der Waals surface area (Å²) in [5.74, 6) is -16.4. The molecule has 0 spiro atoms. The molecule has 1 aromatic carbocycles. The number of carbonyl (C=O) groups is 12. The fraction of sp³-hybridized carbons (Fsp3) is 0.419. The van der Waals surface area contributed by atoms with Crippen LogP contribution in [0.5, 0.6) is 0 Å². The lowest BCUT2D eigenvalue weighted by Gasteiger charge is -2.26. The number of nitrogens with one attached hydrogen (secondary N) is 10. The number of ether oxygens (including phenoxy) is 1. The van der Waals surface area contributed by atoms with E-state index < -0.39 is 152 Å². The van der Waals surface area contributed by atoms with E-state index in [2.05, 4.69) is 61.9 Å². The number of amides is 6. The maximum atomic E-state index is 13.8. The number of fused-ring (bicyclic) bond motifs is 1. The zero-order valence-corrected chi connectivity index (χ0v) is 42.8. The number of carboxylic acid groups (broad SMARTS) is 5. The van der Waals surface area contributed by atoms with Gasteiger partial charge in [-0.3, -0.25) is 63.1 Å². The van der Waals surface area contributed by atoms with Crippen molar-refractivity contribution < 1.29 is 87.8 Å². The second kappa shape index (κ2) is 32.3. The van der Waals surface area contributed by atoms with Crippen LogP contribution in [0.3, 0.4) is 0 Å². The second-order valence-electron chi connectivity index (χ2n) is 16.4. The number of hydrogen-bond donors (Lipinski definition) is 17. The number of nitrogens with zero attached hydrogens (tertiary/aromatic N) is 3. The van der Waals surface area contributed by atoms with Gasteiger partial charge in [0.1, 0.15) is 42.9 Å². The minimum atomic E-state index is -2.13. The third kappa shape index (κ3) is 23.2. The van der Waals surface area contributed by atoms with E-state index in [1.807, 2.05) is 5.32 Å². The number of carbonyl (C=O) groups excluding carboxylic acids is 7. The summed E-state index contributed by atoms with van der Waals surface area (Å²) in [6, 6.07) is -5.70. The second-order valence-corrected chi connectivity index (χ2v) is 19.0. The van der Waals surface area contributed by atoms with Crippen molar-refractivity contribution in [2.45, 2.75) is 87.7 Å². The van der Waals surface area contributed by atoms with E-state index in [9.17, 15) is 87.9 Å². The first-order chi connectivity index (χ1) is 37.4. The van der Waals surface area contributed by atoms with Gasteiger partial charge < -0.3 is 84.3 Å². The Morgan fingerprint density at radius 3 is 1.80 bits per heavy atom. The highest BCUT2D eigenvalue weighted by Crippen LogP contribution is 2.22. The van der Waals surface area contributed by atoms with Crippen molar-refractivity contribution in [3.8, 4) is 0 Å². The van der Waals surface area contributed by atoms with E-state index in [-0.39, 0.29) is 66.8 Å². The highest BCUT2D eigenvalue weighted by atomic mass is 33.1. The van der Waals surface area contributed by atoms with Crippen molar-refractivity contribution in [2.24, 2.45) is 5.73 Å². The smallest absolute Gasteiger partial charge is 0.327 e. The van der Waals surface area contributed by atoms with E-state index in [0.29, 0.717) is 11.4 Å². The third-order valence-corrected chi connectivity index (χ3v) is 12.7. The summed E-state index contributed by atoms with van der Waals surface area (Å²) in [6.07, 6.45) is -4.00. The van der Waals surface area contributed by atoms with Gasteiger partial charge in [0.2, 0.25) is 35.5 Å². The fourth-order valence-electron chi connectivity index (χ4n) is 6.55. The van der Waals surface area contributed by atoms with E-state index in [1.54, 1.807) is 0 Å². The molecule has 428 valence electrons. The van der Waals surface area contributed by atoms with Gasteiger partial charge in [-0.15, -0.1) is 0 Å². The van der Waals surface area contributed by atoms with Crippen molar-refractivity contribution >= 4 is 122 Å². The van der Waals surface area contributed by atoms with Crippen LogP contribution in [0.4, 0.5) is 11.6 Å². The lowest BCUT2D eigenvalue weighted by Crippen LogP contribution is -2.59. The molecule has 3 rings (SSSR count). The first-order valence-electron chi connectivity index (χ1n) is 23.0. The first-order valence-corrected chi connectivity index (χ1v) is 25.5. The lowest BCUT2D eigenvalue weighted by molar-refractivity contribution is -0.144. The van der Waals surface area contributed by atoms with Gasteiger partial charge >= 0.3 is 29.8 Å². The zero-order valence-electron chi connectivity index (χ0n) is 41.2. The predicted octanol–water partition coefficient (Wildman–Crippen LogP) is -4.38. The van der Waals surface area contributed by atoms with Gasteiger partial charge in [-0.25, -0.2) is 19.6 Å². The van der Waals surface area contributed by atoms with Crippen LogP contribution < -0.4 is 59.6 Å². The normalized spacial score (nSPS) is 13.0. The van der Waals surface area contributed by atoms with Crippen LogP contribution in [0.15, 0.2) is 35.3 Å². The molecule has 0 fully saturated rings. The van der Waals surface area contributed by atoms with Crippen LogP contribution in [0.1, 0.15) is 61.0 Å². The summed E-state index contributed by atoms with van der Waals surface area (Å²) < 4.78 is 4.52. The van der Waals surface area contributed by atoms with Gasteiger partial charge in [0.05, 0.1) is 37.7 Å². The van der Waals surface area contributed by atoms with E-state index in [4.69, 9.17) is 16.9 Å². The topological polar surface area (TPSA) is 559 Å². The summed E-state index contributed by atoms with van der Waals surface area (Å²) in [6.45, 7) is 0.144. The molecule has 36 heteroatoms. The Hall–Kier alpha value is -9.35. The molecule has 0 bridgehead atoms. The maximum absolute atomic E-state index is 13.8. The summed E-state index contributed by atoms with van der Waals surface area (Å²) in [5, 5.41) is 73.8. The average molecular weight is 1150 g/mol. The Labute approximate surface area is 452 Å². The van der Waals surface area contributed by atoms with Crippen molar-refractivity contribution in [1.29, 1.82) is 5.41 Å². The zero-order chi connectivity index (χ0) is 58.8. The fourth-order valence-corrected chi connectivity index (χ4v) is 8.54. The number of nitrogens with two attached hydrogens (primary N) is 2. The Kier molecular flexibility index (Phi) is 26.1. The van der Waals surface area contributed by atoms with Crippen LogP contribution in [0, 0.1) is 5.41 Å². The molecule has 6 atom stereocenters. The van der Waals surface area contributed by atoms with Crippen LogP contribution in [-0.4, -0.2) is 184 Å². The van der Waals surface area contributed by atoms with Crippen molar-refractivity contribution in [1.82, 2.24) is 57.2 Å². The third-order valence-electron chi connectivity index (χ3n) is 10.3. The van der Waals surface area contributed by atoms with Gasteiger partial charge in [-0.1, -0.05) is 21.6 Å². The van der Waals surface area contributed by atoms with Crippen LogP contribution in [0.25, 0.3) is 11.2 Å². The number of aliphatic carboxylic acids is 5. The van der Waals surface area contributed by atoms with Gasteiger partial charge in [-0.05, 0) is 43.5 Å². The van der Waals surface area contributed by atoms with E-state index >= 15 is 0 Å². The first kappa shape index (κ1) is 63.9. The number of benzene rings is 1. The van der Waals surface area contributed by atoms with E-state index in [0.717, 1.165) is 21.6 Å². The maximum Gasteiger partial charge on any atom is 0.327 e. The summed E-state index contributed by atoms with van der Waals surface area (Å²) in [4.78, 5) is 177. The van der Waals surface area contributed by atoms with Crippen molar-refractivity contribution in [2.75, 3.05) is 35.7 Å². The highest BCUT2D eigenvalue weighted by molar-refractivity contribution is 8.76. The molecule has 2 aromatic heterocycles. The molecule has 0 radical (unpaired) electrons. The number of H-pyrrole nitrogens is 1. The molecule has 79 heavy (non-hydrogen) atoms. The highest BCUT2D eigenvalue weighted by Gasteiger charge is 2.35. The largest absolute Gasteiger partial charge is 0.481 e. The lowest BCUT2D eigenvalue weighted by atomic mass is 10.1. The Balaban J connectivity index is 1.71. The quantitative estimate of drug-likeness (QED) is 0.00860. The standard InChI is InChI=1S/C43H55N15O19S2/c44-42(45)47-9-1-2-22(35(68)54-25(13-30(63)64)37(70)55-26(14-31(65)66)38(71)56-27(41(75)76)17-79-78-11-10-77-18-59)52-36(69)24(12-29(61)62)51-28(60)8-7-23(40(73)74)53-34(67)19-3-5-20(6-4-19)48-15-21-16-49-33-32(50-21)39(72)58-43(46)57-33/h3-6,16,18,22-27,48H,1-2,7-15,17H2,(H,51,60)(H,52,69)(H,53,67)(H,54,68)(H,55,70)(H,56,71)(H,61,62)(H,63,64)(H,65,66)(H,73,74)(H,75,76)(H4,44,45,47)(H3,46,49,57,58,72)/t22-,23-,24?,25-,26-,27-/m0/s1. The van der Waals surface area contributed by atoms with Gasteiger partial charge in [-0.2, -0.15) is 4.98 Å². The summed E-state index contributed by atoms with van der Waals surface area (Å²) >= 11 is 0. The number of aromatic amines is 1. The molecule has 19 N–H and O–H groups in total. The van der Waals surface area contributed by atoms with Gasteiger partial charge in [0, 0.05) is 35.7 Å². The SMILES string of the molecule is N=C(N)NCCC[C@H](NC(=O)C(CC(=O)O)NC(=O)CC[C@H](NC(=O)c1ccc(NCc2cnc3nc(N)[nH]c(=O)c3n2)cc1)C(=O)O)C(=O)N[C@@H](CC(=O)O)C(=O)N[C@@H](CC(=O)O)C(=O)N[C@@H](CSSCCOC=O)C(=O)O. The minimum absolute atomic E-state index is 0.0101. The van der Waals surface area contributed by atoms with Crippen LogP contribution >= 0.6 is 21.6 Å². The Morgan fingerprint density at radius 2 is 1.25 bits per heavy atom. The molecular formula is C43H55N15O19S2. The molecule has 0 aliphatic heterocycles. The minimum Gasteiger partial charge on any atom is -0.481 e. The molecule has 0 aliphatic rings. The van der Waals surface area contributed by atoms with Gasteiger partial charge in [0.25, 0.3) is 17.9 Å². The number of nitrogen functional groups attached to an aromatic ring is 1. The monoisotopic (exact) mass is 1150 g/mol. The molecule has 0 saturated carbocycles. The van der Waals surface area contributed by atoms with Crippen molar-refractivity contribution in [3.63, 3.8) is 0 Å². The summed E-state index contributed by atoms with van der Waals surface area (Å²) in [7, 11) is 2.00. The molecule has 34 nitrogen and oxygen atoms in total. The number of aromatic nitrogens is 4. The molecule has 0 saturated heterocycles.